The molecule has 1 aromatic heterocycles. The van der Waals surface area contributed by atoms with Crippen LogP contribution in [0.4, 0.5) is 5.69 Å². The van der Waals surface area contributed by atoms with Gasteiger partial charge in [-0.1, -0.05) is 12.8 Å². The third kappa shape index (κ3) is 3.19. The molecule has 1 fully saturated rings. The SMILES string of the molecule is Cc1cc(N)c(C(=O)NC(C)CC2CC2)cn1. The number of nitrogens with zero attached hydrogens (tertiary/aromatic N) is 1. The number of nitrogens with two attached hydrogens (primary N) is 1. The number of amides is 1. The Morgan fingerprint density at radius 3 is 2.94 bits per heavy atom. The van der Waals surface area contributed by atoms with Gasteiger partial charge in [0.15, 0.2) is 0 Å². The molecule has 3 N–H and O–H groups in total. The first-order valence-electron chi connectivity index (χ1n) is 6.09. The van der Waals surface area contributed by atoms with Gasteiger partial charge in [-0.25, -0.2) is 0 Å². The number of nitrogen functional groups attached to an aromatic ring is 1. The van der Waals surface area contributed by atoms with Gasteiger partial charge in [-0.2, -0.15) is 0 Å². The molecule has 0 spiro atoms. The summed E-state index contributed by atoms with van der Waals surface area (Å²) in [4.78, 5) is 16.1. The summed E-state index contributed by atoms with van der Waals surface area (Å²) in [6, 6.07) is 1.93. The molecule has 4 heteroatoms. The summed E-state index contributed by atoms with van der Waals surface area (Å²) >= 11 is 0. The minimum absolute atomic E-state index is 0.122. The Labute approximate surface area is 102 Å². The van der Waals surface area contributed by atoms with Crippen LogP contribution in [-0.4, -0.2) is 16.9 Å². The maximum Gasteiger partial charge on any atom is 0.255 e. The molecular formula is C13H19N3O. The van der Waals surface area contributed by atoms with E-state index in [1.165, 1.54) is 12.8 Å². The van der Waals surface area contributed by atoms with Crippen molar-refractivity contribution in [2.24, 2.45) is 5.92 Å². The number of nitrogens with one attached hydrogen (secondary N) is 1. The number of anilines is 1. The highest BCUT2D eigenvalue weighted by molar-refractivity contribution is 5.98. The van der Waals surface area contributed by atoms with Gasteiger partial charge in [0.1, 0.15) is 0 Å². The molecule has 0 aliphatic heterocycles. The number of carbonyl (C=O) groups is 1. The van der Waals surface area contributed by atoms with Gasteiger partial charge in [0, 0.05) is 23.6 Å². The third-order valence-corrected chi connectivity index (χ3v) is 3.08. The Balaban J connectivity index is 1.98. The molecule has 1 heterocycles. The molecule has 1 amide bonds. The number of aryl methyl sites for hydroxylation is 1. The lowest BCUT2D eigenvalue weighted by Crippen LogP contribution is -2.33. The van der Waals surface area contributed by atoms with E-state index in [-0.39, 0.29) is 11.9 Å². The van der Waals surface area contributed by atoms with Crippen LogP contribution in [0, 0.1) is 12.8 Å². The minimum atomic E-state index is -0.122. The molecule has 92 valence electrons. The van der Waals surface area contributed by atoms with Crippen LogP contribution in [-0.2, 0) is 0 Å². The topological polar surface area (TPSA) is 68.0 Å². The van der Waals surface area contributed by atoms with Crippen molar-refractivity contribution in [1.82, 2.24) is 10.3 Å². The summed E-state index contributed by atoms with van der Waals surface area (Å²) < 4.78 is 0. The fourth-order valence-electron chi connectivity index (χ4n) is 1.98. The molecule has 1 saturated carbocycles. The van der Waals surface area contributed by atoms with Gasteiger partial charge in [0.2, 0.25) is 0 Å². The van der Waals surface area contributed by atoms with Gasteiger partial charge in [-0.05, 0) is 32.3 Å². The summed E-state index contributed by atoms with van der Waals surface area (Å²) in [5.74, 6) is 0.682. The summed E-state index contributed by atoms with van der Waals surface area (Å²) in [6.45, 7) is 3.89. The van der Waals surface area contributed by atoms with Gasteiger partial charge in [0.25, 0.3) is 5.91 Å². The van der Waals surface area contributed by atoms with Crippen molar-refractivity contribution < 1.29 is 4.79 Å². The smallest absolute Gasteiger partial charge is 0.255 e. The summed E-state index contributed by atoms with van der Waals surface area (Å²) in [7, 11) is 0. The Bertz CT molecular complexity index is 427. The predicted molar refractivity (Wildman–Crippen MR) is 67.7 cm³/mol. The highest BCUT2D eigenvalue weighted by atomic mass is 16.1. The highest BCUT2D eigenvalue weighted by Crippen LogP contribution is 2.33. The van der Waals surface area contributed by atoms with Crippen LogP contribution in [0.5, 0.6) is 0 Å². The molecule has 1 aromatic rings. The summed E-state index contributed by atoms with van der Waals surface area (Å²) in [5.41, 5.74) is 7.60. The van der Waals surface area contributed by atoms with Crippen LogP contribution in [0.1, 0.15) is 42.2 Å². The van der Waals surface area contributed by atoms with E-state index in [2.05, 4.69) is 10.3 Å². The fourth-order valence-corrected chi connectivity index (χ4v) is 1.98. The Morgan fingerprint density at radius 2 is 2.35 bits per heavy atom. The second-order valence-corrected chi connectivity index (χ2v) is 4.97. The van der Waals surface area contributed by atoms with E-state index in [4.69, 9.17) is 5.73 Å². The molecule has 0 aromatic carbocycles. The molecule has 17 heavy (non-hydrogen) atoms. The van der Waals surface area contributed by atoms with Crippen LogP contribution >= 0.6 is 0 Å². The van der Waals surface area contributed by atoms with Crippen molar-refractivity contribution in [3.63, 3.8) is 0 Å². The number of hydrogen-bond acceptors (Lipinski definition) is 3. The first-order chi connectivity index (χ1) is 8.06. The first-order valence-corrected chi connectivity index (χ1v) is 6.09. The zero-order valence-electron chi connectivity index (χ0n) is 10.4. The molecule has 4 nitrogen and oxygen atoms in total. The van der Waals surface area contributed by atoms with E-state index in [9.17, 15) is 4.79 Å². The van der Waals surface area contributed by atoms with Gasteiger partial charge in [-0.3, -0.25) is 9.78 Å². The van der Waals surface area contributed by atoms with Gasteiger partial charge >= 0.3 is 0 Å². The van der Waals surface area contributed by atoms with Crippen molar-refractivity contribution in [2.45, 2.75) is 39.2 Å². The Hall–Kier alpha value is -1.58. The quantitative estimate of drug-likeness (QED) is 0.834. The van der Waals surface area contributed by atoms with Gasteiger partial charge in [0.05, 0.1) is 5.56 Å². The van der Waals surface area contributed by atoms with Crippen molar-refractivity contribution in [3.8, 4) is 0 Å². The fraction of sp³-hybridized carbons (Fsp3) is 0.538. The van der Waals surface area contributed by atoms with E-state index < -0.39 is 0 Å². The lowest BCUT2D eigenvalue weighted by molar-refractivity contribution is 0.0938. The van der Waals surface area contributed by atoms with Crippen LogP contribution in [0.15, 0.2) is 12.3 Å². The van der Waals surface area contributed by atoms with Crippen molar-refractivity contribution >= 4 is 11.6 Å². The number of aromatic nitrogens is 1. The third-order valence-electron chi connectivity index (χ3n) is 3.08. The lowest BCUT2D eigenvalue weighted by atomic mass is 10.1. The highest BCUT2D eigenvalue weighted by Gasteiger charge is 2.24. The molecule has 1 aliphatic carbocycles. The standard InChI is InChI=1S/C13H19N3O/c1-8-6-12(14)11(7-15-8)13(17)16-9(2)5-10-3-4-10/h6-7,9-10H,3-5H2,1-2H3,(H2,14,15)(H,16,17). The van der Waals surface area contributed by atoms with E-state index in [0.717, 1.165) is 18.0 Å². The van der Waals surface area contributed by atoms with Gasteiger partial charge in [-0.15, -0.1) is 0 Å². The van der Waals surface area contributed by atoms with Crippen molar-refractivity contribution in [2.75, 3.05) is 5.73 Å². The zero-order valence-corrected chi connectivity index (χ0v) is 10.4. The van der Waals surface area contributed by atoms with Crippen molar-refractivity contribution in [3.05, 3.63) is 23.5 Å². The molecule has 1 aliphatic rings. The average Bonchev–Trinajstić information content (AvgIpc) is 3.00. The number of rotatable bonds is 4. The second-order valence-electron chi connectivity index (χ2n) is 4.97. The number of carbonyl (C=O) groups excluding carboxylic acids is 1. The largest absolute Gasteiger partial charge is 0.398 e. The molecular weight excluding hydrogens is 214 g/mol. The Morgan fingerprint density at radius 1 is 1.65 bits per heavy atom. The maximum atomic E-state index is 12.0. The predicted octanol–water partition coefficient (Wildman–Crippen LogP) is 1.89. The monoisotopic (exact) mass is 233 g/mol. The minimum Gasteiger partial charge on any atom is -0.398 e. The van der Waals surface area contributed by atoms with E-state index in [1.54, 1.807) is 12.3 Å². The van der Waals surface area contributed by atoms with Crippen LogP contribution in [0.2, 0.25) is 0 Å². The molecule has 2 rings (SSSR count). The van der Waals surface area contributed by atoms with Crippen molar-refractivity contribution in [1.29, 1.82) is 0 Å². The van der Waals surface area contributed by atoms with E-state index in [0.29, 0.717) is 11.3 Å². The van der Waals surface area contributed by atoms with E-state index in [1.807, 2.05) is 13.8 Å². The zero-order chi connectivity index (χ0) is 12.4. The van der Waals surface area contributed by atoms with Crippen LogP contribution < -0.4 is 11.1 Å². The van der Waals surface area contributed by atoms with E-state index >= 15 is 0 Å². The van der Waals surface area contributed by atoms with Gasteiger partial charge < -0.3 is 11.1 Å². The maximum absolute atomic E-state index is 12.0. The molecule has 0 saturated heterocycles. The lowest BCUT2D eigenvalue weighted by Gasteiger charge is -2.14. The van der Waals surface area contributed by atoms with Crippen LogP contribution in [0.3, 0.4) is 0 Å². The Kier molecular flexibility index (Phi) is 3.31. The average molecular weight is 233 g/mol. The molecule has 0 bridgehead atoms. The van der Waals surface area contributed by atoms with Crippen LogP contribution in [0.25, 0.3) is 0 Å². The number of pyridine rings is 1. The second kappa shape index (κ2) is 4.73. The number of hydrogen-bond donors (Lipinski definition) is 2. The summed E-state index contributed by atoms with van der Waals surface area (Å²) in [5, 5.41) is 2.97. The normalized spacial score (nSPS) is 16.6. The molecule has 1 unspecified atom stereocenters. The first kappa shape index (κ1) is 11.9. The molecule has 1 atom stereocenters. The molecule has 0 radical (unpaired) electrons. The summed E-state index contributed by atoms with van der Waals surface area (Å²) in [6.07, 6.45) is 5.21.